The molecule has 1 aliphatic heterocycles. The quantitative estimate of drug-likeness (QED) is 0.779. The second-order valence-corrected chi connectivity index (χ2v) is 3.80. The Balaban J connectivity index is 1.79. The molecule has 0 aromatic carbocycles. The van der Waals surface area contributed by atoms with Crippen LogP contribution in [-0.2, 0) is 11.3 Å². The molecule has 1 atom stereocenters. The van der Waals surface area contributed by atoms with E-state index in [9.17, 15) is 0 Å². The fourth-order valence-electron chi connectivity index (χ4n) is 1.67. The SMILES string of the molecule is Oc1ccc(CNC2CCCOC2)nc1. The van der Waals surface area contributed by atoms with Crippen molar-refractivity contribution in [2.45, 2.75) is 25.4 Å². The number of hydrogen-bond acceptors (Lipinski definition) is 4. The van der Waals surface area contributed by atoms with Gasteiger partial charge in [0.15, 0.2) is 0 Å². The minimum absolute atomic E-state index is 0.208. The normalized spacial score (nSPS) is 21.5. The zero-order valence-electron chi connectivity index (χ0n) is 8.65. The maximum Gasteiger partial charge on any atom is 0.133 e. The van der Waals surface area contributed by atoms with Crippen LogP contribution in [0.4, 0.5) is 0 Å². The van der Waals surface area contributed by atoms with Gasteiger partial charge < -0.3 is 15.2 Å². The molecular formula is C11H16N2O2. The highest BCUT2D eigenvalue weighted by molar-refractivity contribution is 5.17. The van der Waals surface area contributed by atoms with E-state index >= 15 is 0 Å². The number of nitrogens with one attached hydrogen (secondary N) is 1. The summed E-state index contributed by atoms with van der Waals surface area (Å²) in [6, 6.07) is 3.92. The standard InChI is InChI=1S/C11H16N2O2/c14-11-4-3-9(13-7-11)6-12-10-2-1-5-15-8-10/h3-4,7,10,12,14H,1-2,5-6,8H2. The summed E-state index contributed by atoms with van der Waals surface area (Å²) in [5.41, 5.74) is 0.943. The lowest BCUT2D eigenvalue weighted by atomic mass is 10.1. The number of aromatic hydroxyl groups is 1. The van der Waals surface area contributed by atoms with Crippen LogP contribution < -0.4 is 5.32 Å². The van der Waals surface area contributed by atoms with Gasteiger partial charge in [-0.05, 0) is 25.0 Å². The minimum Gasteiger partial charge on any atom is -0.506 e. The Bertz CT molecular complexity index is 294. The fraction of sp³-hybridized carbons (Fsp3) is 0.545. The van der Waals surface area contributed by atoms with Gasteiger partial charge in [0, 0.05) is 19.2 Å². The third kappa shape index (κ3) is 3.18. The topological polar surface area (TPSA) is 54.4 Å². The van der Waals surface area contributed by atoms with Crippen molar-refractivity contribution in [3.05, 3.63) is 24.0 Å². The molecule has 0 bridgehead atoms. The van der Waals surface area contributed by atoms with Gasteiger partial charge in [-0.1, -0.05) is 0 Å². The largest absolute Gasteiger partial charge is 0.506 e. The third-order valence-electron chi connectivity index (χ3n) is 2.54. The van der Waals surface area contributed by atoms with Gasteiger partial charge in [-0.2, -0.15) is 0 Å². The first-order chi connectivity index (χ1) is 7.34. The van der Waals surface area contributed by atoms with Crippen LogP contribution in [-0.4, -0.2) is 29.3 Å². The van der Waals surface area contributed by atoms with Gasteiger partial charge in [0.05, 0.1) is 18.5 Å². The lowest BCUT2D eigenvalue weighted by Crippen LogP contribution is -2.36. The molecule has 2 rings (SSSR count). The second kappa shape index (κ2) is 5.09. The smallest absolute Gasteiger partial charge is 0.133 e. The second-order valence-electron chi connectivity index (χ2n) is 3.80. The van der Waals surface area contributed by atoms with Gasteiger partial charge in [0.25, 0.3) is 0 Å². The number of pyridine rings is 1. The molecule has 0 amide bonds. The average molecular weight is 208 g/mol. The van der Waals surface area contributed by atoms with Crippen LogP contribution >= 0.6 is 0 Å². The Morgan fingerprint density at radius 1 is 1.53 bits per heavy atom. The van der Waals surface area contributed by atoms with Crippen molar-refractivity contribution >= 4 is 0 Å². The average Bonchev–Trinajstić information content (AvgIpc) is 2.30. The fourth-order valence-corrected chi connectivity index (χ4v) is 1.67. The molecule has 4 heteroatoms. The molecule has 0 saturated carbocycles. The molecular weight excluding hydrogens is 192 g/mol. The Hall–Kier alpha value is -1.13. The molecule has 15 heavy (non-hydrogen) atoms. The molecule has 1 unspecified atom stereocenters. The molecule has 2 N–H and O–H groups in total. The van der Waals surface area contributed by atoms with E-state index in [-0.39, 0.29) is 5.75 Å². The monoisotopic (exact) mass is 208 g/mol. The van der Waals surface area contributed by atoms with Crippen molar-refractivity contribution < 1.29 is 9.84 Å². The van der Waals surface area contributed by atoms with E-state index in [1.807, 2.05) is 6.07 Å². The Morgan fingerprint density at radius 2 is 2.47 bits per heavy atom. The molecule has 82 valence electrons. The van der Waals surface area contributed by atoms with Gasteiger partial charge in [-0.25, -0.2) is 0 Å². The molecule has 4 nitrogen and oxygen atoms in total. The van der Waals surface area contributed by atoms with E-state index in [0.717, 1.165) is 38.3 Å². The van der Waals surface area contributed by atoms with E-state index in [0.29, 0.717) is 6.04 Å². The zero-order valence-corrected chi connectivity index (χ0v) is 8.65. The molecule has 2 heterocycles. The maximum atomic E-state index is 9.07. The van der Waals surface area contributed by atoms with E-state index in [4.69, 9.17) is 9.84 Å². The summed E-state index contributed by atoms with van der Waals surface area (Å²) in [7, 11) is 0. The maximum absolute atomic E-state index is 9.07. The molecule has 1 aliphatic rings. The van der Waals surface area contributed by atoms with E-state index in [1.54, 1.807) is 6.07 Å². The summed E-state index contributed by atoms with van der Waals surface area (Å²) in [6.45, 7) is 2.40. The van der Waals surface area contributed by atoms with Crippen molar-refractivity contribution in [3.8, 4) is 5.75 Å². The summed E-state index contributed by atoms with van der Waals surface area (Å²) in [4.78, 5) is 4.11. The highest BCUT2D eigenvalue weighted by Crippen LogP contribution is 2.08. The van der Waals surface area contributed by atoms with Crippen LogP contribution in [0.15, 0.2) is 18.3 Å². The number of rotatable bonds is 3. The number of aromatic nitrogens is 1. The van der Waals surface area contributed by atoms with Gasteiger partial charge in [0.1, 0.15) is 5.75 Å². The van der Waals surface area contributed by atoms with Crippen molar-refractivity contribution in [1.82, 2.24) is 10.3 Å². The molecule has 0 radical (unpaired) electrons. The number of hydrogen-bond donors (Lipinski definition) is 2. The number of nitrogens with zero attached hydrogens (tertiary/aromatic N) is 1. The van der Waals surface area contributed by atoms with Crippen LogP contribution in [0, 0.1) is 0 Å². The van der Waals surface area contributed by atoms with Gasteiger partial charge in [-0.3, -0.25) is 4.98 Å². The summed E-state index contributed by atoms with van der Waals surface area (Å²) >= 11 is 0. The predicted octanol–water partition coefficient (Wildman–Crippen LogP) is 1.06. The van der Waals surface area contributed by atoms with E-state index in [1.165, 1.54) is 6.20 Å². The molecule has 0 spiro atoms. The van der Waals surface area contributed by atoms with Gasteiger partial charge in [0.2, 0.25) is 0 Å². The van der Waals surface area contributed by atoms with E-state index < -0.39 is 0 Å². The van der Waals surface area contributed by atoms with Crippen molar-refractivity contribution in [1.29, 1.82) is 0 Å². The van der Waals surface area contributed by atoms with Gasteiger partial charge in [-0.15, -0.1) is 0 Å². The molecule has 0 aliphatic carbocycles. The highest BCUT2D eigenvalue weighted by Gasteiger charge is 2.12. The highest BCUT2D eigenvalue weighted by atomic mass is 16.5. The lowest BCUT2D eigenvalue weighted by molar-refractivity contribution is 0.0698. The molecule has 1 aromatic heterocycles. The van der Waals surface area contributed by atoms with E-state index in [2.05, 4.69) is 10.3 Å². The van der Waals surface area contributed by atoms with Crippen LogP contribution in [0.3, 0.4) is 0 Å². The van der Waals surface area contributed by atoms with Crippen LogP contribution in [0.2, 0.25) is 0 Å². The summed E-state index contributed by atoms with van der Waals surface area (Å²) in [5, 5.41) is 12.5. The van der Waals surface area contributed by atoms with Crippen molar-refractivity contribution in [2.75, 3.05) is 13.2 Å². The van der Waals surface area contributed by atoms with Crippen LogP contribution in [0.1, 0.15) is 18.5 Å². The third-order valence-corrected chi connectivity index (χ3v) is 2.54. The van der Waals surface area contributed by atoms with Gasteiger partial charge >= 0.3 is 0 Å². The molecule has 1 aromatic rings. The summed E-state index contributed by atoms with van der Waals surface area (Å²) in [5.74, 6) is 0.208. The Kier molecular flexibility index (Phi) is 3.53. The first kappa shape index (κ1) is 10.4. The van der Waals surface area contributed by atoms with Crippen molar-refractivity contribution in [2.24, 2.45) is 0 Å². The summed E-state index contributed by atoms with van der Waals surface area (Å²) in [6.07, 6.45) is 3.76. The zero-order chi connectivity index (χ0) is 10.5. The number of ether oxygens (including phenoxy) is 1. The van der Waals surface area contributed by atoms with Crippen molar-refractivity contribution in [3.63, 3.8) is 0 Å². The Labute approximate surface area is 89.3 Å². The first-order valence-corrected chi connectivity index (χ1v) is 5.29. The minimum atomic E-state index is 0.208. The van der Waals surface area contributed by atoms with Crippen LogP contribution in [0.5, 0.6) is 5.75 Å². The predicted molar refractivity (Wildman–Crippen MR) is 56.6 cm³/mol. The molecule has 1 saturated heterocycles. The van der Waals surface area contributed by atoms with Crippen LogP contribution in [0.25, 0.3) is 0 Å². The first-order valence-electron chi connectivity index (χ1n) is 5.29. The molecule has 1 fully saturated rings. The lowest BCUT2D eigenvalue weighted by Gasteiger charge is -2.22. The Morgan fingerprint density at radius 3 is 3.13 bits per heavy atom. The summed E-state index contributed by atoms with van der Waals surface area (Å²) < 4.78 is 5.37.